The van der Waals surface area contributed by atoms with Crippen LogP contribution >= 0.6 is 0 Å². The van der Waals surface area contributed by atoms with Crippen molar-refractivity contribution < 1.29 is 17.9 Å². The van der Waals surface area contributed by atoms with E-state index >= 15 is 0 Å². The van der Waals surface area contributed by atoms with Gasteiger partial charge in [-0.25, -0.2) is 18.5 Å². The number of hydrogen-bond donors (Lipinski definition) is 1. The monoisotopic (exact) mass is 358 g/mol. The Kier molecular flexibility index (Phi) is 3.74. The average Bonchev–Trinajstić information content (AvgIpc) is 3.14. The van der Waals surface area contributed by atoms with E-state index in [0.29, 0.717) is 35.8 Å². The maximum atomic E-state index is 12.0. The Balaban J connectivity index is 1.95. The Morgan fingerprint density at radius 1 is 1.04 bits per heavy atom. The third-order valence-corrected chi connectivity index (χ3v) is 4.81. The van der Waals surface area contributed by atoms with Crippen LogP contribution in [0.5, 0.6) is 11.5 Å². The van der Waals surface area contributed by atoms with E-state index in [1.54, 1.807) is 24.3 Å². The van der Waals surface area contributed by atoms with Crippen LogP contribution in [0.2, 0.25) is 0 Å². The smallest absolute Gasteiger partial charge is 0.238 e. The number of aliphatic imine (C=N–C) groups is 1. The van der Waals surface area contributed by atoms with Crippen molar-refractivity contribution in [3.8, 4) is 22.6 Å². The van der Waals surface area contributed by atoms with Gasteiger partial charge in [-0.3, -0.25) is 0 Å². The molecule has 2 aliphatic heterocycles. The summed E-state index contributed by atoms with van der Waals surface area (Å²) < 4.78 is 35.2. The van der Waals surface area contributed by atoms with Crippen LogP contribution in [-0.4, -0.2) is 34.1 Å². The molecule has 2 heterocycles. The number of primary sulfonamides is 1. The minimum absolute atomic E-state index is 0.0421. The molecule has 0 spiro atoms. The lowest BCUT2D eigenvalue weighted by atomic mass is 9.98. The Morgan fingerprint density at radius 3 is 2.56 bits per heavy atom. The highest BCUT2D eigenvalue weighted by molar-refractivity contribution is 7.89. The summed E-state index contributed by atoms with van der Waals surface area (Å²) >= 11 is 0. The van der Waals surface area contributed by atoms with Crippen molar-refractivity contribution >= 4 is 15.9 Å². The van der Waals surface area contributed by atoms with Crippen LogP contribution in [-0.2, 0) is 10.0 Å². The van der Waals surface area contributed by atoms with Crippen LogP contribution in [0.25, 0.3) is 11.1 Å². The van der Waals surface area contributed by atoms with Gasteiger partial charge in [0.1, 0.15) is 13.2 Å². The number of nitrogens with two attached hydrogens (primary N) is 1. The highest BCUT2D eigenvalue weighted by atomic mass is 32.2. The van der Waals surface area contributed by atoms with E-state index in [2.05, 4.69) is 15.2 Å². The van der Waals surface area contributed by atoms with Crippen molar-refractivity contribution in [2.24, 2.45) is 20.4 Å². The van der Waals surface area contributed by atoms with Gasteiger partial charge in [0, 0.05) is 5.56 Å². The van der Waals surface area contributed by atoms with Crippen molar-refractivity contribution in [1.29, 1.82) is 0 Å². The second kappa shape index (κ2) is 5.94. The molecule has 0 aromatic heterocycles. The molecule has 4 rings (SSSR count). The maximum absolute atomic E-state index is 12.0. The molecule has 128 valence electrons. The van der Waals surface area contributed by atoms with E-state index in [0.717, 1.165) is 5.56 Å². The van der Waals surface area contributed by atoms with E-state index in [-0.39, 0.29) is 17.4 Å². The quantitative estimate of drug-likeness (QED) is 0.902. The molecule has 2 aromatic rings. The van der Waals surface area contributed by atoms with Crippen LogP contribution in [0, 0.1) is 0 Å². The predicted octanol–water partition coefficient (Wildman–Crippen LogP) is 1.94. The molecule has 0 radical (unpaired) electrons. The first-order valence-corrected chi connectivity index (χ1v) is 9.07. The Hall–Kier alpha value is -2.78. The minimum Gasteiger partial charge on any atom is -0.486 e. The van der Waals surface area contributed by atoms with E-state index < -0.39 is 10.0 Å². The van der Waals surface area contributed by atoms with Gasteiger partial charge in [0.2, 0.25) is 10.0 Å². The predicted molar refractivity (Wildman–Crippen MR) is 90.5 cm³/mol. The highest BCUT2D eigenvalue weighted by Crippen LogP contribution is 2.37. The molecule has 0 atom stereocenters. The molecule has 2 aliphatic rings. The Morgan fingerprint density at radius 2 is 1.84 bits per heavy atom. The number of azo groups is 1. The second-order valence-electron chi connectivity index (χ2n) is 5.45. The van der Waals surface area contributed by atoms with Crippen LogP contribution in [0.3, 0.4) is 0 Å². The molecule has 0 aliphatic carbocycles. The molecule has 9 heteroatoms. The first-order chi connectivity index (χ1) is 12.0. The van der Waals surface area contributed by atoms with Gasteiger partial charge in [0.25, 0.3) is 0 Å². The summed E-state index contributed by atoms with van der Waals surface area (Å²) in [4.78, 5) is 4.12. The molecule has 0 unspecified atom stereocenters. The number of ether oxygens (including phenoxy) is 2. The summed E-state index contributed by atoms with van der Waals surface area (Å²) in [7, 11) is -3.96. The van der Waals surface area contributed by atoms with Crippen LogP contribution in [0.1, 0.15) is 5.56 Å². The number of benzene rings is 2. The number of amidine groups is 1. The standard InChI is InChI=1S/C16H14N4O4S/c17-25(21,22)14-3-1-2-11(15(14)16-18-9-19-20-16)10-4-5-12-13(8-10)24-7-6-23-12/h1-5,8H,6-7,9H2,(H2,17,21,22). The third kappa shape index (κ3) is 2.87. The fourth-order valence-corrected chi connectivity index (χ4v) is 3.56. The molecule has 8 nitrogen and oxygen atoms in total. The fraction of sp³-hybridized carbons (Fsp3) is 0.188. The van der Waals surface area contributed by atoms with Crippen LogP contribution in [0.4, 0.5) is 0 Å². The Labute approximate surface area is 144 Å². The lowest BCUT2D eigenvalue weighted by Gasteiger charge is -2.19. The maximum Gasteiger partial charge on any atom is 0.238 e. The first kappa shape index (κ1) is 15.7. The molecule has 25 heavy (non-hydrogen) atoms. The highest BCUT2D eigenvalue weighted by Gasteiger charge is 2.24. The lowest BCUT2D eigenvalue weighted by Crippen LogP contribution is -2.17. The molecular weight excluding hydrogens is 344 g/mol. The topological polar surface area (TPSA) is 116 Å². The van der Waals surface area contributed by atoms with Gasteiger partial charge in [0.05, 0.1) is 4.90 Å². The fourth-order valence-electron chi connectivity index (χ4n) is 2.81. The van der Waals surface area contributed by atoms with Gasteiger partial charge in [-0.15, -0.1) is 5.11 Å². The summed E-state index contributed by atoms with van der Waals surface area (Å²) in [6, 6.07) is 10.3. The summed E-state index contributed by atoms with van der Waals surface area (Å²) in [6.45, 7) is 1.12. The number of rotatable bonds is 3. The van der Waals surface area contributed by atoms with Gasteiger partial charge in [-0.2, -0.15) is 5.11 Å². The number of sulfonamides is 1. The second-order valence-corrected chi connectivity index (χ2v) is 6.98. The molecule has 0 saturated heterocycles. The number of hydrogen-bond acceptors (Lipinski definition) is 7. The zero-order valence-corrected chi connectivity index (χ0v) is 13.9. The molecule has 0 bridgehead atoms. The SMILES string of the molecule is NS(=O)(=O)c1cccc(-c2ccc3c(c2)OCCO3)c1C1=NCN=N1. The summed E-state index contributed by atoms with van der Waals surface area (Å²) in [6.07, 6.45) is 0. The largest absolute Gasteiger partial charge is 0.486 e. The summed E-state index contributed by atoms with van der Waals surface area (Å²) in [5, 5.41) is 13.1. The molecule has 0 fully saturated rings. The summed E-state index contributed by atoms with van der Waals surface area (Å²) in [5.41, 5.74) is 1.71. The van der Waals surface area contributed by atoms with Crippen molar-refractivity contribution in [3.63, 3.8) is 0 Å². The van der Waals surface area contributed by atoms with Crippen LogP contribution in [0.15, 0.2) is 56.5 Å². The van der Waals surface area contributed by atoms with Gasteiger partial charge < -0.3 is 9.47 Å². The first-order valence-electron chi connectivity index (χ1n) is 7.52. The zero-order valence-electron chi connectivity index (χ0n) is 13.0. The van der Waals surface area contributed by atoms with E-state index in [1.807, 2.05) is 6.07 Å². The third-order valence-electron chi connectivity index (χ3n) is 3.86. The molecule has 2 aromatic carbocycles. The number of nitrogens with zero attached hydrogens (tertiary/aromatic N) is 3. The summed E-state index contributed by atoms with van der Waals surface area (Å²) in [5.74, 6) is 1.50. The van der Waals surface area contributed by atoms with Crippen molar-refractivity contribution in [1.82, 2.24) is 0 Å². The van der Waals surface area contributed by atoms with Gasteiger partial charge in [-0.1, -0.05) is 18.2 Å². The van der Waals surface area contributed by atoms with Crippen molar-refractivity contribution in [3.05, 3.63) is 42.0 Å². The normalized spacial score (nSPS) is 16.0. The Bertz CT molecular complexity index is 1010. The van der Waals surface area contributed by atoms with Gasteiger partial charge in [0.15, 0.2) is 24.0 Å². The minimum atomic E-state index is -3.96. The molecule has 0 amide bonds. The van der Waals surface area contributed by atoms with Crippen molar-refractivity contribution in [2.45, 2.75) is 4.90 Å². The lowest BCUT2D eigenvalue weighted by molar-refractivity contribution is 0.171. The average molecular weight is 358 g/mol. The molecule has 0 saturated carbocycles. The van der Waals surface area contributed by atoms with E-state index in [4.69, 9.17) is 14.6 Å². The number of fused-ring (bicyclic) bond motifs is 1. The van der Waals surface area contributed by atoms with E-state index in [1.165, 1.54) is 6.07 Å². The van der Waals surface area contributed by atoms with Crippen molar-refractivity contribution in [2.75, 3.05) is 19.9 Å². The molecule has 2 N–H and O–H groups in total. The van der Waals surface area contributed by atoms with E-state index in [9.17, 15) is 8.42 Å². The van der Waals surface area contributed by atoms with Crippen LogP contribution < -0.4 is 14.6 Å². The zero-order chi connectivity index (χ0) is 17.4. The molecular formula is C16H14N4O4S. The van der Waals surface area contributed by atoms with Gasteiger partial charge >= 0.3 is 0 Å². The van der Waals surface area contributed by atoms with Gasteiger partial charge in [-0.05, 0) is 29.3 Å².